The Morgan fingerprint density at radius 2 is 1.76 bits per heavy atom. The lowest BCUT2D eigenvalue weighted by atomic mass is 10.3. The summed E-state index contributed by atoms with van der Waals surface area (Å²) in [5.41, 5.74) is -0.723. The zero-order chi connectivity index (χ0) is 13.9. The molecule has 0 spiro atoms. The highest BCUT2D eigenvalue weighted by Crippen LogP contribution is 2.40. The molecule has 1 unspecified atom stereocenters. The highest BCUT2D eigenvalue weighted by Gasteiger charge is 2.66. The van der Waals surface area contributed by atoms with Crippen LogP contribution < -0.4 is 0 Å². The molecule has 17 heavy (non-hydrogen) atoms. The van der Waals surface area contributed by atoms with E-state index in [1.807, 2.05) is 0 Å². The molecule has 0 aromatic carbocycles. The van der Waals surface area contributed by atoms with Gasteiger partial charge in [-0.15, -0.1) is 0 Å². The second kappa shape index (κ2) is 5.39. The van der Waals surface area contributed by atoms with Crippen molar-refractivity contribution in [2.75, 3.05) is 13.7 Å². The van der Waals surface area contributed by atoms with Crippen LogP contribution in [0.25, 0.3) is 0 Å². The molecule has 3 nitrogen and oxygen atoms in total. The van der Waals surface area contributed by atoms with Crippen molar-refractivity contribution >= 4 is 5.97 Å². The van der Waals surface area contributed by atoms with E-state index >= 15 is 0 Å². The molecule has 0 radical (unpaired) electrons. The largest absolute Gasteiger partial charge is 0.466 e. The minimum absolute atomic E-state index is 0.573. The lowest BCUT2D eigenvalue weighted by molar-refractivity contribution is -0.354. The zero-order valence-electron chi connectivity index (χ0n) is 8.48. The predicted octanol–water partition coefficient (Wildman–Crippen LogP) is 2.23. The number of rotatable bonds is 5. The molecular formula is C8H8F6O3. The van der Waals surface area contributed by atoms with E-state index in [9.17, 15) is 31.1 Å². The van der Waals surface area contributed by atoms with Crippen LogP contribution in [-0.4, -0.2) is 38.1 Å². The molecule has 0 aliphatic rings. The Balaban J connectivity index is 4.92. The molecule has 0 fully saturated rings. The number of esters is 1. The van der Waals surface area contributed by atoms with E-state index in [0.717, 1.165) is 7.11 Å². The molecule has 0 bridgehead atoms. The first-order chi connectivity index (χ1) is 7.56. The third-order valence-corrected chi connectivity index (χ3v) is 1.52. The maximum atomic E-state index is 12.9. The first-order valence-corrected chi connectivity index (χ1v) is 4.00. The Kier molecular flexibility index (Phi) is 4.99. The fourth-order valence-corrected chi connectivity index (χ4v) is 0.666. The van der Waals surface area contributed by atoms with Gasteiger partial charge in [0.1, 0.15) is 0 Å². The topological polar surface area (TPSA) is 35.5 Å². The summed E-state index contributed by atoms with van der Waals surface area (Å²) >= 11 is 0. The van der Waals surface area contributed by atoms with Crippen molar-refractivity contribution in [3.8, 4) is 0 Å². The highest BCUT2D eigenvalue weighted by molar-refractivity contribution is 5.88. The van der Waals surface area contributed by atoms with Gasteiger partial charge >= 0.3 is 24.4 Å². The van der Waals surface area contributed by atoms with E-state index in [1.54, 1.807) is 0 Å². The van der Waals surface area contributed by atoms with Crippen LogP contribution in [0.15, 0.2) is 12.2 Å². The van der Waals surface area contributed by atoms with Crippen LogP contribution in [0.3, 0.4) is 0 Å². The van der Waals surface area contributed by atoms with Crippen LogP contribution in [0.4, 0.5) is 26.3 Å². The van der Waals surface area contributed by atoms with E-state index in [-0.39, 0.29) is 0 Å². The van der Waals surface area contributed by atoms with Crippen molar-refractivity contribution in [2.24, 2.45) is 0 Å². The fourth-order valence-electron chi connectivity index (χ4n) is 0.666. The first-order valence-electron chi connectivity index (χ1n) is 4.00. The van der Waals surface area contributed by atoms with Crippen molar-refractivity contribution in [3.63, 3.8) is 0 Å². The molecular weight excluding hydrogens is 258 g/mol. The van der Waals surface area contributed by atoms with Crippen molar-refractivity contribution < 1.29 is 40.6 Å². The van der Waals surface area contributed by atoms with Crippen LogP contribution in [0.1, 0.15) is 0 Å². The first kappa shape index (κ1) is 15.8. The van der Waals surface area contributed by atoms with E-state index in [1.165, 1.54) is 0 Å². The Morgan fingerprint density at radius 3 is 2.06 bits per heavy atom. The molecule has 0 N–H and O–H groups in total. The molecule has 100 valence electrons. The fraction of sp³-hybridized carbons (Fsp3) is 0.625. The van der Waals surface area contributed by atoms with Gasteiger partial charge in [-0.1, -0.05) is 6.58 Å². The van der Waals surface area contributed by atoms with Gasteiger partial charge in [0, 0.05) is 7.11 Å². The third-order valence-electron chi connectivity index (χ3n) is 1.52. The standard InChI is InChI=1S/C8H8F6O3/c1-4(3-16-2)5(15)17-7(11,6(9)10)8(12,13)14/h6H,1,3H2,2H3. The molecule has 0 aliphatic heterocycles. The minimum Gasteiger partial charge on any atom is -0.411 e. The van der Waals surface area contributed by atoms with Crippen LogP contribution in [-0.2, 0) is 14.3 Å². The van der Waals surface area contributed by atoms with Gasteiger partial charge in [0.05, 0.1) is 12.2 Å². The Hall–Kier alpha value is -1.25. The monoisotopic (exact) mass is 266 g/mol. The Morgan fingerprint density at radius 1 is 1.29 bits per heavy atom. The number of hydrogen-bond donors (Lipinski definition) is 0. The molecule has 9 heteroatoms. The number of carbonyl (C=O) groups is 1. The lowest BCUT2D eigenvalue weighted by Crippen LogP contribution is -2.51. The lowest BCUT2D eigenvalue weighted by Gasteiger charge is -2.26. The normalized spacial score (nSPS) is 15.5. The summed E-state index contributed by atoms with van der Waals surface area (Å²) in [5, 5.41) is 0. The van der Waals surface area contributed by atoms with Crippen molar-refractivity contribution in [1.82, 2.24) is 0 Å². The zero-order valence-corrected chi connectivity index (χ0v) is 8.48. The van der Waals surface area contributed by atoms with E-state index in [4.69, 9.17) is 0 Å². The summed E-state index contributed by atoms with van der Waals surface area (Å²) in [4.78, 5) is 10.8. The summed E-state index contributed by atoms with van der Waals surface area (Å²) < 4.78 is 80.1. The van der Waals surface area contributed by atoms with E-state index in [2.05, 4.69) is 16.1 Å². The van der Waals surface area contributed by atoms with Gasteiger partial charge in [-0.25, -0.2) is 13.6 Å². The van der Waals surface area contributed by atoms with Gasteiger partial charge in [0.25, 0.3) is 0 Å². The molecule has 0 saturated heterocycles. The quantitative estimate of drug-likeness (QED) is 0.435. The number of hydrogen-bond acceptors (Lipinski definition) is 3. The number of ether oxygens (including phenoxy) is 2. The summed E-state index contributed by atoms with van der Waals surface area (Å²) in [6.07, 6.45) is -10.6. The SMILES string of the molecule is C=C(COC)C(=O)OC(F)(C(F)F)C(F)(F)F. The summed E-state index contributed by atoms with van der Waals surface area (Å²) in [6.45, 7) is 2.32. The molecule has 0 saturated carbocycles. The van der Waals surface area contributed by atoms with Gasteiger partial charge < -0.3 is 9.47 Å². The molecule has 0 aliphatic carbocycles. The smallest absolute Gasteiger partial charge is 0.411 e. The van der Waals surface area contributed by atoms with Crippen molar-refractivity contribution in [2.45, 2.75) is 18.5 Å². The van der Waals surface area contributed by atoms with Gasteiger partial charge in [0.2, 0.25) is 0 Å². The number of alkyl halides is 6. The summed E-state index contributed by atoms with van der Waals surface area (Å²) in [6, 6.07) is 0. The average Bonchev–Trinajstić information content (AvgIpc) is 2.15. The molecule has 0 aromatic heterocycles. The summed E-state index contributed by atoms with van der Waals surface area (Å²) in [7, 11) is 1.07. The third kappa shape index (κ3) is 3.62. The summed E-state index contributed by atoms with van der Waals surface area (Å²) in [5.74, 6) is -7.31. The number of methoxy groups -OCH3 is 1. The molecule has 1 atom stereocenters. The molecule has 0 aromatic rings. The Bertz CT molecular complexity index is 300. The van der Waals surface area contributed by atoms with Gasteiger partial charge in [-0.05, 0) is 0 Å². The predicted molar refractivity (Wildman–Crippen MR) is 43.0 cm³/mol. The second-order valence-corrected chi connectivity index (χ2v) is 2.87. The van der Waals surface area contributed by atoms with Crippen LogP contribution in [0, 0.1) is 0 Å². The van der Waals surface area contributed by atoms with Crippen molar-refractivity contribution in [1.29, 1.82) is 0 Å². The van der Waals surface area contributed by atoms with Crippen molar-refractivity contribution in [3.05, 3.63) is 12.2 Å². The maximum absolute atomic E-state index is 12.9. The second-order valence-electron chi connectivity index (χ2n) is 2.87. The Labute approximate surface area is 92.0 Å². The average molecular weight is 266 g/mol. The highest BCUT2D eigenvalue weighted by atomic mass is 19.4. The van der Waals surface area contributed by atoms with Crippen LogP contribution in [0.2, 0.25) is 0 Å². The van der Waals surface area contributed by atoms with E-state index < -0.39 is 36.6 Å². The van der Waals surface area contributed by atoms with Gasteiger partial charge in [0.15, 0.2) is 0 Å². The maximum Gasteiger partial charge on any atom is 0.466 e. The van der Waals surface area contributed by atoms with Gasteiger partial charge in [-0.3, -0.25) is 0 Å². The van der Waals surface area contributed by atoms with E-state index in [0.29, 0.717) is 0 Å². The molecule has 0 heterocycles. The number of halogens is 6. The minimum atomic E-state index is -6.05. The van der Waals surface area contributed by atoms with Crippen LogP contribution in [0.5, 0.6) is 0 Å². The number of carbonyl (C=O) groups excluding carboxylic acids is 1. The molecule has 0 rings (SSSR count). The molecule has 0 amide bonds. The van der Waals surface area contributed by atoms with Gasteiger partial charge in [-0.2, -0.15) is 17.6 Å². The van der Waals surface area contributed by atoms with Crippen LogP contribution >= 0.6 is 0 Å².